The van der Waals surface area contributed by atoms with E-state index in [1.165, 1.54) is 43.5 Å². The molecule has 1 amide bonds. The van der Waals surface area contributed by atoms with Gasteiger partial charge in [-0.3, -0.25) is 4.79 Å². The maximum absolute atomic E-state index is 13.6. The zero-order valence-corrected chi connectivity index (χ0v) is 13.5. The number of benzene rings is 2. The van der Waals surface area contributed by atoms with Crippen LogP contribution in [-0.2, 0) is 9.53 Å². The predicted octanol–water partition coefficient (Wildman–Crippen LogP) is 3.23. The highest BCUT2D eigenvalue weighted by Gasteiger charge is 2.15. The van der Waals surface area contributed by atoms with Crippen molar-refractivity contribution in [3.8, 4) is 11.5 Å². The average molecular weight is 369 g/mol. The molecular weight excluding hydrogens is 355 g/mol. The second-order valence-corrected chi connectivity index (χ2v) is 4.85. The normalized spacial score (nSPS) is 10.3. The third-order valence-corrected chi connectivity index (χ3v) is 3.10. The second kappa shape index (κ2) is 8.75. The summed E-state index contributed by atoms with van der Waals surface area (Å²) < 4.78 is 52.0. The molecule has 0 unspecified atom stereocenters. The van der Waals surface area contributed by atoms with E-state index in [2.05, 4.69) is 10.1 Å². The molecule has 0 aliphatic heterocycles. The minimum atomic E-state index is -3.06. The first-order valence-corrected chi connectivity index (χ1v) is 7.25. The molecule has 2 aromatic rings. The third kappa shape index (κ3) is 5.13. The fourth-order valence-electron chi connectivity index (χ4n) is 1.96. The number of alkyl halides is 2. The number of rotatable bonds is 7. The van der Waals surface area contributed by atoms with E-state index < -0.39 is 30.9 Å². The van der Waals surface area contributed by atoms with Gasteiger partial charge in [-0.2, -0.15) is 8.78 Å². The highest BCUT2D eigenvalue weighted by Crippen LogP contribution is 2.25. The highest BCUT2D eigenvalue weighted by atomic mass is 19.3. The maximum atomic E-state index is 13.6. The minimum absolute atomic E-state index is 0.00987. The van der Waals surface area contributed by atoms with Gasteiger partial charge in [-0.15, -0.1) is 0 Å². The fraction of sp³-hybridized carbons (Fsp3) is 0.176. The quantitative estimate of drug-likeness (QED) is 0.759. The first-order valence-electron chi connectivity index (χ1n) is 7.25. The van der Waals surface area contributed by atoms with E-state index in [-0.39, 0.29) is 22.7 Å². The van der Waals surface area contributed by atoms with Crippen LogP contribution in [0, 0.1) is 5.82 Å². The Labute approximate surface area is 146 Å². The lowest BCUT2D eigenvalue weighted by molar-refractivity contribution is -0.119. The van der Waals surface area contributed by atoms with Gasteiger partial charge in [0, 0.05) is 0 Å². The topological polar surface area (TPSA) is 73.9 Å². The summed E-state index contributed by atoms with van der Waals surface area (Å²) >= 11 is 0. The van der Waals surface area contributed by atoms with Crippen molar-refractivity contribution in [2.75, 3.05) is 19.0 Å². The summed E-state index contributed by atoms with van der Waals surface area (Å²) in [5.74, 6) is -2.75. The zero-order chi connectivity index (χ0) is 19.1. The van der Waals surface area contributed by atoms with E-state index in [9.17, 15) is 22.8 Å². The van der Waals surface area contributed by atoms with Gasteiger partial charge in [0.25, 0.3) is 5.91 Å². The van der Waals surface area contributed by atoms with Gasteiger partial charge in [-0.05, 0) is 30.3 Å². The van der Waals surface area contributed by atoms with Crippen molar-refractivity contribution < 1.29 is 37.0 Å². The van der Waals surface area contributed by atoms with Gasteiger partial charge in [0.15, 0.2) is 18.2 Å². The highest BCUT2D eigenvalue weighted by molar-refractivity contribution is 5.96. The average Bonchev–Trinajstić information content (AvgIpc) is 2.61. The van der Waals surface area contributed by atoms with Crippen molar-refractivity contribution in [3.05, 3.63) is 53.8 Å². The summed E-state index contributed by atoms with van der Waals surface area (Å²) in [6.45, 7) is -3.76. The Balaban J connectivity index is 1.95. The summed E-state index contributed by atoms with van der Waals surface area (Å²) in [7, 11) is 1.27. The molecule has 0 aromatic heterocycles. The van der Waals surface area contributed by atoms with Gasteiger partial charge in [-0.1, -0.05) is 12.1 Å². The second-order valence-electron chi connectivity index (χ2n) is 4.85. The molecule has 0 fully saturated rings. The predicted molar refractivity (Wildman–Crippen MR) is 84.9 cm³/mol. The maximum Gasteiger partial charge on any atom is 0.387 e. The number of hydrogen-bond donors (Lipinski definition) is 1. The molecule has 0 radical (unpaired) electrons. The standard InChI is InChI=1S/C17H14F3NO5/c1-24-13-7-6-10(8-11(13)18)16(23)25-9-15(22)21-12-4-2-3-5-14(12)26-17(19)20/h2-8,17H,9H2,1H3,(H,21,22). The summed E-state index contributed by atoms with van der Waals surface area (Å²) in [5, 5.41) is 2.28. The number of para-hydroxylation sites is 2. The van der Waals surface area contributed by atoms with Gasteiger partial charge < -0.3 is 19.5 Å². The van der Waals surface area contributed by atoms with Crippen LogP contribution in [0.5, 0.6) is 11.5 Å². The number of carbonyl (C=O) groups excluding carboxylic acids is 2. The van der Waals surface area contributed by atoms with Crippen LogP contribution in [0.3, 0.4) is 0 Å². The molecule has 1 N–H and O–H groups in total. The molecule has 2 rings (SSSR count). The van der Waals surface area contributed by atoms with Crippen LogP contribution in [0.1, 0.15) is 10.4 Å². The first kappa shape index (κ1) is 19.1. The molecular formula is C17H14F3NO5. The monoisotopic (exact) mass is 369 g/mol. The Morgan fingerprint density at radius 3 is 2.50 bits per heavy atom. The van der Waals surface area contributed by atoms with Crippen molar-refractivity contribution >= 4 is 17.6 Å². The van der Waals surface area contributed by atoms with E-state index in [0.717, 1.165) is 6.07 Å². The number of methoxy groups -OCH3 is 1. The fourth-order valence-corrected chi connectivity index (χ4v) is 1.96. The van der Waals surface area contributed by atoms with Crippen LogP contribution in [0.25, 0.3) is 0 Å². The van der Waals surface area contributed by atoms with Crippen LogP contribution in [0.4, 0.5) is 18.9 Å². The molecule has 2 aromatic carbocycles. The minimum Gasteiger partial charge on any atom is -0.494 e. The smallest absolute Gasteiger partial charge is 0.387 e. The van der Waals surface area contributed by atoms with Crippen molar-refractivity contribution in [2.24, 2.45) is 0 Å². The van der Waals surface area contributed by atoms with Crippen molar-refractivity contribution in [2.45, 2.75) is 6.61 Å². The molecule has 0 saturated carbocycles. The third-order valence-electron chi connectivity index (χ3n) is 3.10. The van der Waals surface area contributed by atoms with Crippen LogP contribution < -0.4 is 14.8 Å². The number of halogens is 3. The molecule has 0 aliphatic rings. The molecule has 138 valence electrons. The Hall–Kier alpha value is -3.23. The summed E-state index contributed by atoms with van der Waals surface area (Å²) in [6, 6.07) is 8.96. The summed E-state index contributed by atoms with van der Waals surface area (Å²) in [4.78, 5) is 23.7. The van der Waals surface area contributed by atoms with E-state index in [1.54, 1.807) is 0 Å². The van der Waals surface area contributed by atoms with Gasteiger partial charge in [0.2, 0.25) is 0 Å². The van der Waals surface area contributed by atoms with Gasteiger partial charge in [0.1, 0.15) is 5.75 Å². The number of nitrogens with one attached hydrogen (secondary N) is 1. The first-order chi connectivity index (χ1) is 12.4. The number of anilines is 1. The van der Waals surface area contributed by atoms with Crippen molar-refractivity contribution in [3.63, 3.8) is 0 Å². The Bertz CT molecular complexity index is 798. The number of hydrogen-bond acceptors (Lipinski definition) is 5. The van der Waals surface area contributed by atoms with Gasteiger partial charge in [-0.25, -0.2) is 9.18 Å². The molecule has 0 atom stereocenters. The molecule has 0 saturated heterocycles. The van der Waals surface area contributed by atoms with E-state index >= 15 is 0 Å². The lowest BCUT2D eigenvalue weighted by atomic mass is 10.2. The molecule has 0 spiro atoms. The van der Waals surface area contributed by atoms with E-state index in [0.29, 0.717) is 0 Å². The zero-order valence-electron chi connectivity index (χ0n) is 13.5. The summed E-state index contributed by atoms with van der Waals surface area (Å²) in [5.41, 5.74) is -0.123. The SMILES string of the molecule is COc1ccc(C(=O)OCC(=O)Nc2ccccc2OC(F)F)cc1F. The molecule has 0 aliphatic carbocycles. The lowest BCUT2D eigenvalue weighted by Crippen LogP contribution is -2.21. The molecule has 26 heavy (non-hydrogen) atoms. The van der Waals surface area contributed by atoms with Gasteiger partial charge in [0.05, 0.1) is 18.4 Å². The Morgan fingerprint density at radius 1 is 1.12 bits per heavy atom. The lowest BCUT2D eigenvalue weighted by Gasteiger charge is -2.12. The molecule has 0 bridgehead atoms. The molecule has 0 heterocycles. The van der Waals surface area contributed by atoms with Crippen LogP contribution in [0.2, 0.25) is 0 Å². The van der Waals surface area contributed by atoms with Crippen LogP contribution in [0.15, 0.2) is 42.5 Å². The molecule has 9 heteroatoms. The number of ether oxygens (including phenoxy) is 3. The van der Waals surface area contributed by atoms with Crippen LogP contribution in [-0.4, -0.2) is 32.2 Å². The van der Waals surface area contributed by atoms with E-state index in [1.807, 2.05) is 0 Å². The van der Waals surface area contributed by atoms with Crippen molar-refractivity contribution in [1.29, 1.82) is 0 Å². The largest absolute Gasteiger partial charge is 0.494 e. The van der Waals surface area contributed by atoms with Gasteiger partial charge >= 0.3 is 12.6 Å². The summed E-state index contributed by atoms with van der Waals surface area (Å²) in [6.07, 6.45) is 0. The van der Waals surface area contributed by atoms with E-state index in [4.69, 9.17) is 9.47 Å². The number of esters is 1. The molecule has 6 nitrogen and oxygen atoms in total. The Morgan fingerprint density at radius 2 is 1.85 bits per heavy atom. The number of amides is 1. The van der Waals surface area contributed by atoms with Crippen molar-refractivity contribution in [1.82, 2.24) is 0 Å². The Kier molecular flexibility index (Phi) is 6.42. The number of carbonyl (C=O) groups is 2. The van der Waals surface area contributed by atoms with Crippen LogP contribution >= 0.6 is 0 Å².